The lowest BCUT2D eigenvalue weighted by Crippen LogP contribution is -2.41. The Morgan fingerprint density at radius 1 is 1.05 bits per heavy atom. The van der Waals surface area contributed by atoms with Gasteiger partial charge in [-0.3, -0.25) is 24.3 Å². The minimum Gasteiger partial charge on any atom is -0.382 e. The van der Waals surface area contributed by atoms with Crippen molar-refractivity contribution in [2.45, 2.75) is 12.5 Å². The first-order valence-electron chi connectivity index (χ1n) is 14.5. The Kier molecular flexibility index (Phi) is 7.20. The number of nitrogens with one attached hydrogen (secondary N) is 2. The van der Waals surface area contributed by atoms with Crippen LogP contribution in [0.3, 0.4) is 0 Å². The van der Waals surface area contributed by atoms with Crippen LogP contribution in [0.15, 0.2) is 67.1 Å². The normalized spacial score (nSPS) is 17.8. The summed E-state index contributed by atoms with van der Waals surface area (Å²) in [6.45, 7) is 3.54. The quantitative estimate of drug-likeness (QED) is 0.286. The molecule has 1 fully saturated rings. The number of anilines is 3. The van der Waals surface area contributed by atoms with Crippen LogP contribution in [0.25, 0.3) is 11.3 Å². The maximum absolute atomic E-state index is 13.4. The van der Waals surface area contributed by atoms with Gasteiger partial charge in [0.2, 0.25) is 0 Å². The molecule has 1 saturated heterocycles. The second-order valence-electron chi connectivity index (χ2n) is 10.9. The summed E-state index contributed by atoms with van der Waals surface area (Å²) >= 11 is 0. The predicted molar refractivity (Wildman–Crippen MR) is 163 cm³/mol. The highest BCUT2D eigenvalue weighted by Gasteiger charge is 2.37. The zero-order chi connectivity index (χ0) is 30.2. The van der Waals surface area contributed by atoms with Crippen LogP contribution in [-0.2, 0) is 11.2 Å². The van der Waals surface area contributed by atoms with Crippen molar-refractivity contribution < 1.29 is 19.1 Å². The highest BCUT2D eigenvalue weighted by molar-refractivity contribution is 6.21. The average Bonchev–Trinajstić information content (AvgIpc) is 3.30. The molecular formula is C32H30N8O4. The third-order valence-corrected chi connectivity index (χ3v) is 8.26. The molecule has 12 nitrogen and oxygen atoms in total. The van der Waals surface area contributed by atoms with Gasteiger partial charge in [0.25, 0.3) is 17.7 Å². The van der Waals surface area contributed by atoms with Gasteiger partial charge in [-0.05, 0) is 48.4 Å². The number of carbonyl (C=O) groups is 3. The SMILES string of the molecule is Nc1ncc(-c2ccc3c(c2)CCNC3CN2C(=O)c3ccccc3C2=O)nc1C(=O)Nc1cnccc1N1CCOCC1. The molecule has 4 aromatic rings. The van der Waals surface area contributed by atoms with Crippen LogP contribution in [-0.4, -0.2) is 77.0 Å². The van der Waals surface area contributed by atoms with Crippen LogP contribution in [0.4, 0.5) is 17.2 Å². The molecule has 0 bridgehead atoms. The molecular weight excluding hydrogens is 560 g/mol. The Morgan fingerprint density at radius 3 is 2.59 bits per heavy atom. The minimum absolute atomic E-state index is 0.0159. The van der Waals surface area contributed by atoms with E-state index in [1.165, 1.54) is 4.90 Å². The van der Waals surface area contributed by atoms with Crippen LogP contribution in [0, 0.1) is 0 Å². The molecule has 3 aliphatic heterocycles. The number of benzene rings is 2. The van der Waals surface area contributed by atoms with E-state index < -0.39 is 5.91 Å². The molecule has 0 spiro atoms. The molecule has 3 aliphatic rings. The molecule has 1 atom stereocenters. The van der Waals surface area contributed by atoms with E-state index >= 15 is 0 Å². The van der Waals surface area contributed by atoms with E-state index in [4.69, 9.17) is 10.5 Å². The van der Waals surface area contributed by atoms with Gasteiger partial charge in [0.15, 0.2) is 11.5 Å². The number of morpholine rings is 1. The van der Waals surface area contributed by atoms with E-state index in [9.17, 15) is 14.4 Å². The van der Waals surface area contributed by atoms with Crippen LogP contribution in [0.5, 0.6) is 0 Å². The average molecular weight is 591 g/mol. The van der Waals surface area contributed by atoms with Gasteiger partial charge in [-0.25, -0.2) is 9.97 Å². The number of hydrogen-bond donors (Lipinski definition) is 3. The number of carbonyl (C=O) groups excluding carboxylic acids is 3. The molecule has 2 aromatic heterocycles. The number of nitrogen functional groups attached to an aromatic ring is 1. The molecule has 4 N–H and O–H groups in total. The fourth-order valence-corrected chi connectivity index (χ4v) is 6.01. The number of imide groups is 1. The molecule has 2 aromatic carbocycles. The largest absolute Gasteiger partial charge is 0.382 e. The fourth-order valence-electron chi connectivity index (χ4n) is 6.01. The fraction of sp³-hybridized carbons (Fsp3) is 0.250. The molecule has 0 aliphatic carbocycles. The second-order valence-corrected chi connectivity index (χ2v) is 10.9. The van der Waals surface area contributed by atoms with Crippen molar-refractivity contribution >= 4 is 34.9 Å². The maximum atomic E-state index is 13.4. The molecule has 44 heavy (non-hydrogen) atoms. The number of amides is 3. The summed E-state index contributed by atoms with van der Waals surface area (Å²) in [6, 6.07) is 14.4. The summed E-state index contributed by atoms with van der Waals surface area (Å²) in [5.74, 6) is -1.02. The first-order chi connectivity index (χ1) is 21.5. The van der Waals surface area contributed by atoms with Crippen molar-refractivity contribution in [2.75, 3.05) is 55.3 Å². The summed E-state index contributed by atoms with van der Waals surface area (Å²) in [5.41, 5.74) is 11.8. The van der Waals surface area contributed by atoms with Crippen LogP contribution in [0.1, 0.15) is 48.4 Å². The van der Waals surface area contributed by atoms with E-state index in [1.54, 1.807) is 42.9 Å². The smallest absolute Gasteiger partial charge is 0.278 e. The molecule has 0 saturated carbocycles. The Balaban J connectivity index is 1.11. The van der Waals surface area contributed by atoms with Crippen molar-refractivity contribution in [3.63, 3.8) is 0 Å². The van der Waals surface area contributed by atoms with E-state index in [0.29, 0.717) is 55.4 Å². The number of aromatic nitrogens is 3. The molecule has 7 rings (SSSR count). The highest BCUT2D eigenvalue weighted by Crippen LogP contribution is 2.32. The number of hydrogen-bond acceptors (Lipinski definition) is 10. The van der Waals surface area contributed by atoms with Crippen molar-refractivity contribution in [2.24, 2.45) is 0 Å². The molecule has 5 heterocycles. The van der Waals surface area contributed by atoms with Crippen LogP contribution < -0.4 is 21.3 Å². The standard InChI is InChI=1S/C32H30N8O4/c33-29-28(30(41)38-25-16-34-9-8-27(25)39-11-13-44-14-12-39)37-24(17-36-29)20-5-6-21-19(15-20)7-10-35-26(21)18-40-31(42)22-3-1-2-4-23(22)32(40)43/h1-6,8-9,15-17,26,35H,7,10-14,18H2,(H2,33,36)(H,38,41). The summed E-state index contributed by atoms with van der Waals surface area (Å²) in [4.78, 5) is 55.9. The predicted octanol–water partition coefficient (Wildman–Crippen LogP) is 2.69. The summed E-state index contributed by atoms with van der Waals surface area (Å²) in [5, 5.41) is 6.37. The Morgan fingerprint density at radius 2 is 1.82 bits per heavy atom. The maximum Gasteiger partial charge on any atom is 0.278 e. The Bertz CT molecular complexity index is 1750. The number of ether oxygens (including phenoxy) is 1. The summed E-state index contributed by atoms with van der Waals surface area (Å²) in [7, 11) is 0. The highest BCUT2D eigenvalue weighted by atomic mass is 16.5. The van der Waals surface area contributed by atoms with E-state index in [-0.39, 0.29) is 35.9 Å². The van der Waals surface area contributed by atoms with Gasteiger partial charge in [0.05, 0.1) is 59.8 Å². The molecule has 1 unspecified atom stereocenters. The van der Waals surface area contributed by atoms with Gasteiger partial charge in [-0.2, -0.15) is 0 Å². The molecule has 222 valence electrons. The third-order valence-electron chi connectivity index (χ3n) is 8.26. The Hall–Kier alpha value is -5.20. The number of fused-ring (bicyclic) bond motifs is 2. The minimum atomic E-state index is -0.484. The second kappa shape index (κ2) is 11.5. The van der Waals surface area contributed by atoms with Crippen molar-refractivity contribution in [3.05, 3.63) is 95.1 Å². The van der Waals surface area contributed by atoms with E-state index in [0.717, 1.165) is 28.8 Å². The van der Waals surface area contributed by atoms with Gasteiger partial charge < -0.3 is 26.0 Å². The number of nitrogens with zero attached hydrogens (tertiary/aromatic N) is 5. The number of nitrogens with two attached hydrogens (primary N) is 1. The van der Waals surface area contributed by atoms with Crippen molar-refractivity contribution in [1.82, 2.24) is 25.2 Å². The topological polar surface area (TPSA) is 156 Å². The monoisotopic (exact) mass is 590 g/mol. The van der Waals surface area contributed by atoms with E-state index in [2.05, 4.69) is 30.5 Å². The zero-order valence-corrected chi connectivity index (χ0v) is 23.8. The Labute approximate surface area is 253 Å². The summed E-state index contributed by atoms with van der Waals surface area (Å²) < 4.78 is 5.46. The summed E-state index contributed by atoms with van der Waals surface area (Å²) in [6.07, 6.45) is 5.59. The van der Waals surface area contributed by atoms with Crippen LogP contribution in [0.2, 0.25) is 0 Å². The lowest BCUT2D eigenvalue weighted by atomic mass is 9.91. The van der Waals surface area contributed by atoms with Gasteiger partial charge >= 0.3 is 0 Å². The van der Waals surface area contributed by atoms with Crippen molar-refractivity contribution in [1.29, 1.82) is 0 Å². The van der Waals surface area contributed by atoms with Gasteiger partial charge in [0.1, 0.15) is 0 Å². The van der Waals surface area contributed by atoms with Gasteiger partial charge in [-0.15, -0.1) is 0 Å². The number of rotatable bonds is 6. The zero-order valence-electron chi connectivity index (χ0n) is 23.8. The van der Waals surface area contributed by atoms with Gasteiger partial charge in [-0.1, -0.05) is 24.3 Å². The third kappa shape index (κ3) is 5.03. The lowest BCUT2D eigenvalue weighted by Gasteiger charge is -2.30. The van der Waals surface area contributed by atoms with E-state index in [1.807, 2.05) is 24.3 Å². The number of pyridine rings is 1. The first kappa shape index (κ1) is 27.6. The van der Waals surface area contributed by atoms with Crippen LogP contribution >= 0.6 is 0 Å². The molecule has 0 radical (unpaired) electrons. The lowest BCUT2D eigenvalue weighted by molar-refractivity contribution is 0.0636. The first-order valence-corrected chi connectivity index (χ1v) is 14.5. The van der Waals surface area contributed by atoms with Gasteiger partial charge in [0, 0.05) is 31.4 Å². The van der Waals surface area contributed by atoms with Crippen molar-refractivity contribution in [3.8, 4) is 11.3 Å². The molecule has 3 amide bonds. The molecule has 12 heteroatoms.